The molecule has 0 fully saturated rings. The summed E-state index contributed by atoms with van der Waals surface area (Å²) in [5, 5.41) is 0. The van der Waals surface area contributed by atoms with Crippen LogP contribution in [0.25, 0.3) is 0 Å². The Hall–Kier alpha value is -1.52. The highest BCUT2D eigenvalue weighted by molar-refractivity contribution is 5.25. The van der Waals surface area contributed by atoms with Crippen LogP contribution in [-0.2, 0) is 13.6 Å². The molecule has 17 heavy (non-hydrogen) atoms. The van der Waals surface area contributed by atoms with Crippen LogP contribution in [0.3, 0.4) is 0 Å². The Morgan fingerprint density at radius 3 is 2.47 bits per heavy atom. The van der Waals surface area contributed by atoms with Gasteiger partial charge in [0.2, 0.25) is 0 Å². The molecule has 1 aromatic rings. The van der Waals surface area contributed by atoms with Gasteiger partial charge >= 0.3 is 5.69 Å². The SMILES string of the molecule is CCCCCCCn1c(=O)cc(N)n(C)c1=O. The zero-order chi connectivity index (χ0) is 12.8. The van der Waals surface area contributed by atoms with E-state index in [-0.39, 0.29) is 17.1 Å². The molecule has 1 heterocycles. The summed E-state index contributed by atoms with van der Waals surface area (Å²) in [5.74, 6) is 0.210. The summed E-state index contributed by atoms with van der Waals surface area (Å²) in [4.78, 5) is 23.4. The molecule has 0 amide bonds. The zero-order valence-electron chi connectivity index (χ0n) is 10.6. The minimum atomic E-state index is -0.328. The third-order valence-corrected chi connectivity index (χ3v) is 2.93. The maximum Gasteiger partial charge on any atom is 0.332 e. The summed E-state index contributed by atoms with van der Waals surface area (Å²) in [7, 11) is 1.57. The van der Waals surface area contributed by atoms with E-state index >= 15 is 0 Å². The second kappa shape index (κ2) is 6.27. The molecule has 1 aromatic heterocycles. The van der Waals surface area contributed by atoms with Crippen LogP contribution in [0.1, 0.15) is 39.0 Å². The van der Waals surface area contributed by atoms with Crippen LogP contribution in [0.2, 0.25) is 0 Å². The first-order valence-corrected chi connectivity index (χ1v) is 6.14. The lowest BCUT2D eigenvalue weighted by atomic mass is 10.1. The van der Waals surface area contributed by atoms with Crippen LogP contribution in [0.5, 0.6) is 0 Å². The second-order valence-corrected chi connectivity index (χ2v) is 4.31. The van der Waals surface area contributed by atoms with E-state index in [9.17, 15) is 9.59 Å². The third kappa shape index (κ3) is 3.47. The fourth-order valence-corrected chi connectivity index (χ4v) is 1.77. The first-order valence-electron chi connectivity index (χ1n) is 6.14. The van der Waals surface area contributed by atoms with Gasteiger partial charge in [-0.3, -0.25) is 13.9 Å². The van der Waals surface area contributed by atoms with E-state index < -0.39 is 0 Å². The van der Waals surface area contributed by atoms with Gasteiger partial charge in [0.15, 0.2) is 0 Å². The summed E-state index contributed by atoms with van der Waals surface area (Å²) in [5.41, 5.74) is 4.90. The van der Waals surface area contributed by atoms with E-state index in [0.717, 1.165) is 19.3 Å². The van der Waals surface area contributed by atoms with Crippen molar-refractivity contribution in [2.75, 3.05) is 5.73 Å². The van der Waals surface area contributed by atoms with Crippen LogP contribution in [-0.4, -0.2) is 9.13 Å². The predicted molar refractivity (Wildman–Crippen MR) is 69.1 cm³/mol. The Morgan fingerprint density at radius 2 is 1.82 bits per heavy atom. The minimum Gasteiger partial charge on any atom is -0.385 e. The fourth-order valence-electron chi connectivity index (χ4n) is 1.77. The molecule has 0 saturated carbocycles. The monoisotopic (exact) mass is 239 g/mol. The third-order valence-electron chi connectivity index (χ3n) is 2.93. The normalized spacial score (nSPS) is 10.7. The van der Waals surface area contributed by atoms with E-state index in [1.807, 2.05) is 0 Å². The van der Waals surface area contributed by atoms with Crippen molar-refractivity contribution < 1.29 is 0 Å². The molecule has 0 aromatic carbocycles. The average molecular weight is 239 g/mol. The zero-order valence-corrected chi connectivity index (χ0v) is 10.6. The van der Waals surface area contributed by atoms with Gasteiger partial charge in [-0.05, 0) is 6.42 Å². The molecule has 0 spiro atoms. The number of nitrogens with zero attached hydrogens (tertiary/aromatic N) is 2. The summed E-state index contributed by atoms with van der Waals surface area (Å²) in [6.45, 7) is 2.63. The summed E-state index contributed by atoms with van der Waals surface area (Å²) >= 11 is 0. The summed E-state index contributed by atoms with van der Waals surface area (Å²) in [6, 6.07) is 1.30. The van der Waals surface area contributed by atoms with Gasteiger partial charge in [-0.25, -0.2) is 4.79 Å². The maximum atomic E-state index is 11.8. The fraction of sp³-hybridized carbons (Fsp3) is 0.667. The van der Waals surface area contributed by atoms with E-state index in [2.05, 4.69) is 6.92 Å². The smallest absolute Gasteiger partial charge is 0.332 e. The quantitative estimate of drug-likeness (QED) is 0.756. The summed E-state index contributed by atoms with van der Waals surface area (Å²) < 4.78 is 2.55. The molecule has 1 rings (SSSR count). The van der Waals surface area contributed by atoms with Gasteiger partial charge in [0.05, 0.1) is 0 Å². The second-order valence-electron chi connectivity index (χ2n) is 4.31. The molecule has 5 nitrogen and oxygen atoms in total. The highest BCUT2D eigenvalue weighted by Gasteiger charge is 2.05. The molecule has 2 N–H and O–H groups in total. The number of aromatic nitrogens is 2. The highest BCUT2D eigenvalue weighted by atomic mass is 16.2. The van der Waals surface area contributed by atoms with Gasteiger partial charge in [0.25, 0.3) is 5.56 Å². The topological polar surface area (TPSA) is 70.0 Å². The molecule has 0 unspecified atom stereocenters. The van der Waals surface area contributed by atoms with E-state index in [0.29, 0.717) is 6.54 Å². The van der Waals surface area contributed by atoms with E-state index in [1.165, 1.54) is 28.0 Å². The van der Waals surface area contributed by atoms with E-state index in [4.69, 9.17) is 5.73 Å². The molecule has 0 saturated heterocycles. The molecular formula is C12H21N3O2. The van der Waals surface area contributed by atoms with Gasteiger partial charge in [-0.1, -0.05) is 32.6 Å². The van der Waals surface area contributed by atoms with Crippen molar-refractivity contribution >= 4 is 5.82 Å². The largest absolute Gasteiger partial charge is 0.385 e. The van der Waals surface area contributed by atoms with E-state index in [1.54, 1.807) is 7.05 Å². The number of nitrogens with two attached hydrogens (primary N) is 1. The van der Waals surface area contributed by atoms with Gasteiger partial charge < -0.3 is 5.73 Å². The van der Waals surface area contributed by atoms with Gasteiger partial charge in [-0.15, -0.1) is 0 Å². The standard InChI is InChI=1S/C12H21N3O2/c1-3-4-5-6-7-8-15-11(16)9-10(13)14(2)12(15)17/h9H,3-8,13H2,1-2H3. The maximum absolute atomic E-state index is 11.8. The Balaban J connectivity index is 2.69. The first-order chi connectivity index (χ1) is 8.07. The Labute approximate surface area is 101 Å². The van der Waals surface area contributed by atoms with Crippen molar-refractivity contribution in [3.8, 4) is 0 Å². The number of nitrogen functional groups attached to an aromatic ring is 1. The van der Waals surface area contributed by atoms with Crippen LogP contribution in [0, 0.1) is 0 Å². The molecule has 0 radical (unpaired) electrons. The highest BCUT2D eigenvalue weighted by Crippen LogP contribution is 2.02. The lowest BCUT2D eigenvalue weighted by Crippen LogP contribution is -2.39. The van der Waals surface area contributed by atoms with Gasteiger partial charge in [0, 0.05) is 19.7 Å². The molecule has 5 heteroatoms. The van der Waals surface area contributed by atoms with Crippen molar-refractivity contribution in [2.45, 2.75) is 45.6 Å². The van der Waals surface area contributed by atoms with Crippen LogP contribution in [0.4, 0.5) is 5.82 Å². The van der Waals surface area contributed by atoms with Gasteiger partial charge in [0.1, 0.15) is 5.82 Å². The van der Waals surface area contributed by atoms with Crippen LogP contribution < -0.4 is 17.0 Å². The van der Waals surface area contributed by atoms with Crippen molar-refractivity contribution in [3.05, 3.63) is 26.9 Å². The number of hydrogen-bond donors (Lipinski definition) is 1. The van der Waals surface area contributed by atoms with Crippen LogP contribution in [0.15, 0.2) is 15.7 Å². The molecule has 0 atom stereocenters. The Morgan fingerprint density at radius 1 is 1.18 bits per heavy atom. The molecule has 0 aliphatic heterocycles. The minimum absolute atomic E-state index is 0.210. The first kappa shape index (κ1) is 13.5. The van der Waals surface area contributed by atoms with Crippen molar-refractivity contribution in [3.63, 3.8) is 0 Å². The Kier molecular flexibility index (Phi) is 5.00. The van der Waals surface area contributed by atoms with Gasteiger partial charge in [-0.2, -0.15) is 0 Å². The molecule has 0 aliphatic rings. The Bertz CT molecular complexity index is 474. The molecule has 96 valence electrons. The number of hydrogen-bond acceptors (Lipinski definition) is 3. The lowest BCUT2D eigenvalue weighted by molar-refractivity contribution is 0.528. The average Bonchev–Trinajstić information content (AvgIpc) is 2.30. The molecular weight excluding hydrogens is 218 g/mol. The molecule has 0 bridgehead atoms. The van der Waals surface area contributed by atoms with Crippen LogP contribution >= 0.6 is 0 Å². The molecule has 0 aliphatic carbocycles. The lowest BCUT2D eigenvalue weighted by Gasteiger charge is -2.08. The summed E-state index contributed by atoms with van der Waals surface area (Å²) in [6.07, 6.45) is 5.45. The van der Waals surface area contributed by atoms with Crippen molar-refractivity contribution in [2.24, 2.45) is 7.05 Å². The predicted octanol–water partition coefficient (Wildman–Crippen LogP) is 1.10. The van der Waals surface area contributed by atoms with Crippen molar-refractivity contribution in [1.82, 2.24) is 9.13 Å². The van der Waals surface area contributed by atoms with Crippen molar-refractivity contribution in [1.29, 1.82) is 0 Å². The number of unbranched alkanes of at least 4 members (excludes halogenated alkanes) is 4. The number of rotatable bonds is 6. The number of anilines is 1.